The number of fused-ring (bicyclic) bond motifs is 13. The summed E-state index contributed by atoms with van der Waals surface area (Å²) in [5.74, 6) is 0. The van der Waals surface area contributed by atoms with Gasteiger partial charge >= 0.3 is 0 Å². The van der Waals surface area contributed by atoms with Crippen molar-refractivity contribution in [2.45, 2.75) is 38.5 Å². The summed E-state index contributed by atoms with van der Waals surface area (Å²) in [6.45, 7) is 9.51. The predicted octanol–water partition coefficient (Wildman–Crippen LogP) is 16.9. The van der Waals surface area contributed by atoms with Crippen molar-refractivity contribution in [3.05, 3.63) is 216 Å². The molecule has 2 aliphatic carbocycles. The molecule has 0 unspecified atom stereocenters. The van der Waals surface area contributed by atoms with Crippen LogP contribution in [-0.2, 0) is 10.8 Å². The molecule has 2 heterocycles. The highest BCUT2D eigenvalue weighted by molar-refractivity contribution is 7.26. The van der Waals surface area contributed by atoms with Gasteiger partial charge in [0.05, 0.1) is 11.0 Å². The van der Waals surface area contributed by atoms with Crippen molar-refractivity contribution in [1.82, 2.24) is 4.57 Å². The van der Waals surface area contributed by atoms with Crippen molar-refractivity contribution in [2.24, 2.45) is 0 Å². The number of hydrogen-bond donors (Lipinski definition) is 0. The monoisotopic (exact) mass is 824 g/mol. The van der Waals surface area contributed by atoms with E-state index >= 15 is 0 Å². The van der Waals surface area contributed by atoms with Crippen LogP contribution < -0.4 is 4.90 Å². The van der Waals surface area contributed by atoms with Gasteiger partial charge in [0.1, 0.15) is 0 Å². The molecule has 0 amide bonds. The number of anilines is 3. The lowest BCUT2D eigenvalue weighted by Gasteiger charge is -2.28. The lowest BCUT2D eigenvalue weighted by molar-refractivity contribution is 0.660. The van der Waals surface area contributed by atoms with Gasteiger partial charge in [-0.2, -0.15) is 0 Å². The molecule has 0 N–H and O–H groups in total. The summed E-state index contributed by atoms with van der Waals surface area (Å²) in [6.07, 6.45) is 0. The number of nitrogens with zero attached hydrogens (tertiary/aromatic N) is 2. The van der Waals surface area contributed by atoms with Gasteiger partial charge in [-0.3, -0.25) is 0 Å². The Balaban J connectivity index is 1.05. The molecule has 0 radical (unpaired) electrons. The Kier molecular flexibility index (Phi) is 7.61. The maximum Gasteiger partial charge on any atom is 0.0547 e. The molecule has 0 aliphatic heterocycles. The van der Waals surface area contributed by atoms with Crippen molar-refractivity contribution in [1.29, 1.82) is 0 Å². The maximum absolute atomic E-state index is 2.48. The fraction of sp³-hybridized carbons (Fsp3) is 0.100. The number of benzene rings is 9. The molecule has 0 saturated heterocycles. The number of aromatic nitrogens is 1. The van der Waals surface area contributed by atoms with Crippen LogP contribution in [-0.4, -0.2) is 4.57 Å². The van der Waals surface area contributed by atoms with E-state index < -0.39 is 0 Å². The average Bonchev–Trinajstić information content (AvgIpc) is 4.00. The van der Waals surface area contributed by atoms with Gasteiger partial charge in [0.25, 0.3) is 0 Å². The SMILES string of the molecule is CC1(C)c2ccccc2-c2ccc(N(c3ccc(-c4cccc5c4sc4ccccc45)cc3)c3ccc4c(c3)c3c5c(ccc3n4-c3ccccc3)C(C)(C)c3ccccc3-5)cc21. The summed E-state index contributed by atoms with van der Waals surface area (Å²) in [5, 5.41) is 5.21. The quantitative estimate of drug-likeness (QED) is 0.168. The van der Waals surface area contributed by atoms with E-state index in [1.54, 1.807) is 0 Å². The second-order valence-corrected chi connectivity index (χ2v) is 19.5. The van der Waals surface area contributed by atoms with Crippen LogP contribution in [0.3, 0.4) is 0 Å². The predicted molar refractivity (Wildman–Crippen MR) is 269 cm³/mol. The van der Waals surface area contributed by atoms with E-state index in [0.717, 1.165) is 22.7 Å². The van der Waals surface area contributed by atoms with E-state index in [4.69, 9.17) is 0 Å². The molecule has 2 aliphatic rings. The Labute approximate surface area is 371 Å². The number of rotatable bonds is 5. The van der Waals surface area contributed by atoms with Crippen LogP contribution in [0.1, 0.15) is 49.9 Å². The molecule has 300 valence electrons. The fourth-order valence-corrected chi connectivity index (χ4v) is 12.6. The first-order valence-electron chi connectivity index (χ1n) is 22.1. The van der Waals surface area contributed by atoms with Gasteiger partial charge in [0, 0.05) is 64.5 Å². The average molecular weight is 825 g/mol. The molecular weight excluding hydrogens is 781 g/mol. The van der Waals surface area contributed by atoms with Gasteiger partial charge in [0.2, 0.25) is 0 Å². The van der Waals surface area contributed by atoms with Gasteiger partial charge in [-0.1, -0.05) is 155 Å². The molecule has 63 heavy (non-hydrogen) atoms. The van der Waals surface area contributed by atoms with Gasteiger partial charge in [0.15, 0.2) is 0 Å². The minimum Gasteiger partial charge on any atom is -0.310 e. The van der Waals surface area contributed by atoms with Gasteiger partial charge < -0.3 is 9.47 Å². The first-order chi connectivity index (χ1) is 30.8. The number of thiophene rings is 1. The van der Waals surface area contributed by atoms with Crippen LogP contribution in [0.15, 0.2) is 194 Å². The summed E-state index contributed by atoms with van der Waals surface area (Å²) < 4.78 is 5.12. The van der Waals surface area contributed by atoms with E-state index in [1.165, 1.54) is 97.6 Å². The Morgan fingerprint density at radius 1 is 0.413 bits per heavy atom. The maximum atomic E-state index is 2.48. The molecule has 0 atom stereocenters. The molecule has 0 saturated carbocycles. The normalized spacial score (nSPS) is 14.3. The third kappa shape index (κ3) is 5.12. The lowest BCUT2D eigenvalue weighted by atomic mass is 9.82. The third-order valence-electron chi connectivity index (χ3n) is 14.4. The standard InChI is InChI=1S/C60H44N2S/c1-59(2)50-23-12-9-19-47(50)56-51(59)32-34-54-57(56)48-35-40(30-33-53(48)62(54)38-15-6-5-7-16-38)61(41-29-31-44-43-17-8-11-22-49(43)60(3,4)52(44)36-41)39-27-25-37(26-28-39)42-20-14-21-46-45-18-10-13-24-55(45)63-58(42)46/h5-36H,1-4H3. The first kappa shape index (κ1) is 36.5. The van der Waals surface area contributed by atoms with Gasteiger partial charge in [-0.05, 0) is 122 Å². The summed E-state index contributed by atoms with van der Waals surface area (Å²) >= 11 is 1.89. The highest BCUT2D eigenvalue weighted by atomic mass is 32.1. The highest BCUT2D eigenvalue weighted by Gasteiger charge is 2.38. The Morgan fingerprint density at radius 2 is 1.02 bits per heavy atom. The van der Waals surface area contributed by atoms with Crippen LogP contribution >= 0.6 is 11.3 Å². The van der Waals surface area contributed by atoms with Crippen LogP contribution in [0.25, 0.3) is 81.0 Å². The van der Waals surface area contributed by atoms with E-state index in [0.29, 0.717) is 0 Å². The second-order valence-electron chi connectivity index (χ2n) is 18.5. The van der Waals surface area contributed by atoms with Gasteiger partial charge in [-0.15, -0.1) is 11.3 Å². The number of para-hydroxylation sites is 1. The summed E-state index contributed by atoms with van der Waals surface area (Å²) in [6, 6.07) is 72.7. The van der Waals surface area contributed by atoms with Crippen LogP contribution in [0.2, 0.25) is 0 Å². The molecule has 13 rings (SSSR count). The zero-order valence-electron chi connectivity index (χ0n) is 35.8. The van der Waals surface area contributed by atoms with Gasteiger partial charge in [-0.25, -0.2) is 0 Å². The van der Waals surface area contributed by atoms with Crippen LogP contribution in [0.5, 0.6) is 0 Å². The van der Waals surface area contributed by atoms with Crippen molar-refractivity contribution >= 4 is 70.4 Å². The molecule has 0 fully saturated rings. The number of hydrogen-bond acceptors (Lipinski definition) is 2. The Hall–Kier alpha value is -7.20. The molecule has 11 aromatic rings. The topological polar surface area (TPSA) is 8.17 Å². The van der Waals surface area contributed by atoms with Crippen molar-refractivity contribution < 1.29 is 0 Å². The van der Waals surface area contributed by atoms with E-state index in [1.807, 2.05) is 11.3 Å². The second kappa shape index (κ2) is 13.2. The summed E-state index contributed by atoms with van der Waals surface area (Å²) in [5.41, 5.74) is 20.1. The molecule has 0 spiro atoms. The summed E-state index contributed by atoms with van der Waals surface area (Å²) in [4.78, 5) is 2.48. The Morgan fingerprint density at radius 3 is 1.84 bits per heavy atom. The van der Waals surface area contributed by atoms with Crippen molar-refractivity contribution in [2.75, 3.05) is 4.90 Å². The molecule has 2 nitrogen and oxygen atoms in total. The van der Waals surface area contributed by atoms with Crippen LogP contribution in [0, 0.1) is 0 Å². The highest BCUT2D eigenvalue weighted by Crippen LogP contribution is 2.55. The van der Waals surface area contributed by atoms with E-state index in [-0.39, 0.29) is 10.8 Å². The largest absolute Gasteiger partial charge is 0.310 e. The lowest BCUT2D eigenvalue weighted by Crippen LogP contribution is -2.16. The molecule has 0 bridgehead atoms. The third-order valence-corrected chi connectivity index (χ3v) is 15.6. The zero-order valence-corrected chi connectivity index (χ0v) is 36.6. The Bertz CT molecular complexity index is 3680. The van der Waals surface area contributed by atoms with Crippen molar-refractivity contribution in [3.8, 4) is 39.1 Å². The molecular formula is C60H44N2S. The van der Waals surface area contributed by atoms with E-state index in [2.05, 4.69) is 231 Å². The van der Waals surface area contributed by atoms with E-state index in [9.17, 15) is 0 Å². The molecule has 9 aromatic carbocycles. The first-order valence-corrected chi connectivity index (χ1v) is 22.9. The summed E-state index contributed by atoms with van der Waals surface area (Å²) in [7, 11) is 0. The zero-order chi connectivity index (χ0) is 42.2. The minimum atomic E-state index is -0.131. The fourth-order valence-electron chi connectivity index (χ4n) is 11.3. The van der Waals surface area contributed by atoms with Crippen molar-refractivity contribution in [3.63, 3.8) is 0 Å². The van der Waals surface area contributed by atoms with Crippen LogP contribution in [0.4, 0.5) is 17.1 Å². The molecule has 3 heteroatoms. The minimum absolute atomic E-state index is 0.109. The smallest absolute Gasteiger partial charge is 0.0547 e. The molecule has 2 aromatic heterocycles.